The van der Waals surface area contributed by atoms with Crippen LogP contribution in [-0.2, 0) is 10.0 Å². The van der Waals surface area contributed by atoms with Crippen LogP contribution < -0.4 is 4.72 Å². The zero-order chi connectivity index (χ0) is 12.2. The first kappa shape index (κ1) is 14.1. The summed E-state index contributed by atoms with van der Waals surface area (Å²) in [6.45, 7) is 2.31. The maximum atomic E-state index is 11.8. The Kier molecular flexibility index (Phi) is 5.39. The van der Waals surface area contributed by atoms with Crippen molar-refractivity contribution in [2.45, 2.75) is 17.6 Å². The lowest BCUT2D eigenvalue weighted by Crippen LogP contribution is -2.28. The molecule has 0 aliphatic heterocycles. The van der Waals surface area contributed by atoms with Gasteiger partial charge in [-0.3, -0.25) is 0 Å². The quantitative estimate of drug-likeness (QED) is 0.837. The molecule has 1 atom stereocenters. The summed E-state index contributed by atoms with van der Waals surface area (Å²) in [5, 5.41) is 8.71. The van der Waals surface area contributed by atoms with Crippen LogP contribution in [0.3, 0.4) is 0 Å². The Labute approximate surface area is 108 Å². The highest BCUT2D eigenvalue weighted by Crippen LogP contribution is 2.25. The number of hydrogen-bond donors (Lipinski definition) is 2. The maximum absolute atomic E-state index is 11.8. The fourth-order valence-electron chi connectivity index (χ4n) is 1.09. The highest BCUT2D eigenvalue weighted by atomic mass is 79.9. The van der Waals surface area contributed by atoms with E-state index in [2.05, 4.69) is 20.7 Å². The molecule has 16 heavy (non-hydrogen) atoms. The molecule has 1 heterocycles. The summed E-state index contributed by atoms with van der Waals surface area (Å²) in [6, 6.07) is 3.27. The number of thiophene rings is 1. The number of halogens is 1. The molecule has 1 aromatic rings. The van der Waals surface area contributed by atoms with Crippen molar-refractivity contribution in [3.8, 4) is 0 Å². The van der Waals surface area contributed by atoms with E-state index in [1.807, 2.05) is 6.92 Å². The number of hydrogen-bond acceptors (Lipinski definition) is 4. The van der Waals surface area contributed by atoms with E-state index in [1.165, 1.54) is 11.3 Å². The van der Waals surface area contributed by atoms with Crippen molar-refractivity contribution < 1.29 is 13.5 Å². The third kappa shape index (κ3) is 4.14. The van der Waals surface area contributed by atoms with Gasteiger partial charge in [-0.1, -0.05) is 6.92 Å². The molecule has 0 bridgehead atoms. The van der Waals surface area contributed by atoms with Crippen LogP contribution >= 0.6 is 27.3 Å². The van der Waals surface area contributed by atoms with Crippen molar-refractivity contribution in [2.24, 2.45) is 5.92 Å². The first-order valence-corrected chi connectivity index (χ1v) is 7.91. The molecule has 92 valence electrons. The van der Waals surface area contributed by atoms with Gasteiger partial charge in [0.2, 0.25) is 10.0 Å². The normalized spacial score (nSPS) is 13.9. The Hall–Kier alpha value is 0.0500. The summed E-state index contributed by atoms with van der Waals surface area (Å²) in [5.41, 5.74) is 0. The van der Waals surface area contributed by atoms with Gasteiger partial charge in [-0.15, -0.1) is 11.3 Å². The molecule has 0 radical (unpaired) electrons. The van der Waals surface area contributed by atoms with Crippen LogP contribution in [0.5, 0.6) is 0 Å². The van der Waals surface area contributed by atoms with Crippen LogP contribution in [0.2, 0.25) is 0 Å². The van der Waals surface area contributed by atoms with E-state index in [0.29, 0.717) is 17.2 Å². The highest BCUT2D eigenvalue weighted by molar-refractivity contribution is 9.11. The fourth-order valence-corrected chi connectivity index (χ4v) is 4.31. The van der Waals surface area contributed by atoms with Crippen molar-refractivity contribution in [1.82, 2.24) is 4.72 Å². The van der Waals surface area contributed by atoms with Gasteiger partial charge < -0.3 is 5.11 Å². The van der Waals surface area contributed by atoms with Gasteiger partial charge in [0, 0.05) is 13.2 Å². The van der Waals surface area contributed by atoms with Crippen molar-refractivity contribution in [1.29, 1.82) is 0 Å². The second-order valence-electron chi connectivity index (χ2n) is 3.53. The Morgan fingerprint density at radius 1 is 1.56 bits per heavy atom. The minimum absolute atomic E-state index is 0.0768. The van der Waals surface area contributed by atoms with Gasteiger partial charge in [-0.2, -0.15) is 0 Å². The van der Waals surface area contributed by atoms with Crippen molar-refractivity contribution in [2.75, 3.05) is 13.2 Å². The minimum Gasteiger partial charge on any atom is -0.396 e. The molecular formula is C9H14BrNO3S2. The Bertz CT molecular complexity index is 430. The monoisotopic (exact) mass is 327 g/mol. The van der Waals surface area contributed by atoms with Crippen molar-refractivity contribution in [3.05, 3.63) is 15.9 Å². The molecule has 0 aliphatic carbocycles. The predicted octanol–water partition coefficient (Wildman–Crippen LogP) is 1.81. The van der Waals surface area contributed by atoms with Gasteiger partial charge in [-0.05, 0) is 40.4 Å². The molecule has 0 fully saturated rings. The Morgan fingerprint density at radius 2 is 2.25 bits per heavy atom. The van der Waals surface area contributed by atoms with Crippen LogP contribution in [0.15, 0.2) is 20.1 Å². The SMILES string of the molecule is C[C@@H](CCO)CNS(=O)(=O)c1ccc(Br)s1. The van der Waals surface area contributed by atoms with Gasteiger partial charge in [0.1, 0.15) is 4.21 Å². The second-order valence-corrected chi connectivity index (χ2v) is 7.98. The molecule has 0 aliphatic rings. The van der Waals surface area contributed by atoms with Gasteiger partial charge in [-0.25, -0.2) is 13.1 Å². The van der Waals surface area contributed by atoms with Crippen molar-refractivity contribution >= 4 is 37.3 Å². The van der Waals surface area contributed by atoms with Crippen LogP contribution in [0.1, 0.15) is 13.3 Å². The van der Waals surface area contributed by atoms with Crippen LogP contribution in [-0.4, -0.2) is 26.7 Å². The van der Waals surface area contributed by atoms with Crippen LogP contribution in [0, 0.1) is 5.92 Å². The molecule has 0 spiro atoms. The van der Waals surface area contributed by atoms with Gasteiger partial charge in [0.25, 0.3) is 0 Å². The molecule has 0 saturated heterocycles. The molecule has 1 aromatic heterocycles. The second kappa shape index (κ2) is 6.11. The average molecular weight is 328 g/mol. The lowest BCUT2D eigenvalue weighted by molar-refractivity contribution is 0.263. The summed E-state index contributed by atoms with van der Waals surface area (Å²) < 4.78 is 27.2. The smallest absolute Gasteiger partial charge is 0.250 e. The summed E-state index contributed by atoms with van der Waals surface area (Å²) in [4.78, 5) is 0. The first-order valence-electron chi connectivity index (χ1n) is 4.81. The third-order valence-electron chi connectivity index (χ3n) is 2.06. The lowest BCUT2D eigenvalue weighted by atomic mass is 10.1. The molecule has 0 aromatic carbocycles. The zero-order valence-corrected chi connectivity index (χ0v) is 12.0. The Morgan fingerprint density at radius 3 is 2.75 bits per heavy atom. The number of sulfonamides is 1. The topological polar surface area (TPSA) is 66.4 Å². The number of aliphatic hydroxyl groups is 1. The zero-order valence-electron chi connectivity index (χ0n) is 8.81. The minimum atomic E-state index is -3.40. The number of aliphatic hydroxyl groups excluding tert-OH is 1. The summed E-state index contributed by atoms with van der Waals surface area (Å²) >= 11 is 4.40. The molecule has 7 heteroatoms. The summed E-state index contributed by atoms with van der Waals surface area (Å²) in [7, 11) is -3.40. The van der Waals surface area contributed by atoms with E-state index < -0.39 is 10.0 Å². The summed E-state index contributed by atoms with van der Waals surface area (Å²) in [6.07, 6.45) is 0.594. The largest absolute Gasteiger partial charge is 0.396 e. The molecule has 0 amide bonds. The fraction of sp³-hybridized carbons (Fsp3) is 0.556. The van der Waals surface area contributed by atoms with Gasteiger partial charge in [0.15, 0.2) is 0 Å². The average Bonchev–Trinajstić information content (AvgIpc) is 2.63. The first-order chi connectivity index (χ1) is 7.45. The number of nitrogens with one attached hydrogen (secondary N) is 1. The molecule has 0 unspecified atom stereocenters. The van der Waals surface area contributed by atoms with E-state index in [-0.39, 0.29) is 12.5 Å². The van der Waals surface area contributed by atoms with Crippen LogP contribution in [0.25, 0.3) is 0 Å². The number of rotatable bonds is 6. The maximum Gasteiger partial charge on any atom is 0.250 e. The van der Waals surface area contributed by atoms with Crippen LogP contribution in [0.4, 0.5) is 0 Å². The van der Waals surface area contributed by atoms with E-state index >= 15 is 0 Å². The predicted molar refractivity (Wildman–Crippen MR) is 68.1 cm³/mol. The van der Waals surface area contributed by atoms with E-state index in [1.54, 1.807) is 12.1 Å². The highest BCUT2D eigenvalue weighted by Gasteiger charge is 2.16. The standard InChI is InChI=1S/C9H14BrNO3S2/c1-7(4-5-12)6-11-16(13,14)9-3-2-8(10)15-9/h2-3,7,11-12H,4-6H2,1H3/t7-/m0/s1. The lowest BCUT2D eigenvalue weighted by Gasteiger charge is -2.10. The van der Waals surface area contributed by atoms with E-state index in [0.717, 1.165) is 3.79 Å². The van der Waals surface area contributed by atoms with E-state index in [4.69, 9.17) is 5.11 Å². The molecule has 4 nitrogen and oxygen atoms in total. The Balaban J connectivity index is 2.59. The molecule has 2 N–H and O–H groups in total. The molecule has 0 saturated carbocycles. The van der Waals surface area contributed by atoms with Gasteiger partial charge in [0.05, 0.1) is 3.79 Å². The van der Waals surface area contributed by atoms with Crippen molar-refractivity contribution in [3.63, 3.8) is 0 Å². The van der Waals surface area contributed by atoms with Gasteiger partial charge >= 0.3 is 0 Å². The molecular weight excluding hydrogens is 314 g/mol. The molecule has 1 rings (SSSR count). The summed E-state index contributed by atoms with van der Waals surface area (Å²) in [5.74, 6) is 0.128. The third-order valence-corrected chi connectivity index (χ3v) is 5.60. The van der Waals surface area contributed by atoms with E-state index in [9.17, 15) is 8.42 Å².